The average Bonchev–Trinajstić information content (AvgIpc) is 2.99. The quantitative estimate of drug-likeness (QED) is 0.507. The number of hydrogen-bond donors (Lipinski definition) is 3. The predicted molar refractivity (Wildman–Crippen MR) is 102 cm³/mol. The van der Waals surface area contributed by atoms with E-state index in [0.717, 1.165) is 10.9 Å². The van der Waals surface area contributed by atoms with Crippen molar-refractivity contribution in [1.29, 1.82) is 0 Å². The summed E-state index contributed by atoms with van der Waals surface area (Å²) in [6.45, 7) is 2.12. The molecule has 8 nitrogen and oxygen atoms in total. The van der Waals surface area contributed by atoms with Gasteiger partial charge in [-0.05, 0) is 24.6 Å². The van der Waals surface area contributed by atoms with Gasteiger partial charge in [-0.1, -0.05) is 18.2 Å². The number of halogens is 1. The summed E-state index contributed by atoms with van der Waals surface area (Å²) < 4.78 is 15.7. The van der Waals surface area contributed by atoms with Crippen molar-refractivity contribution in [3.8, 4) is 11.5 Å². The second-order valence-electron chi connectivity index (χ2n) is 6.21. The molecule has 9 heteroatoms. The van der Waals surface area contributed by atoms with Gasteiger partial charge < -0.3 is 17.2 Å². The van der Waals surface area contributed by atoms with Crippen LogP contribution in [0.4, 0.5) is 21.7 Å². The van der Waals surface area contributed by atoms with Gasteiger partial charge in [-0.3, -0.25) is 0 Å². The highest BCUT2D eigenvalue weighted by Crippen LogP contribution is 2.29. The van der Waals surface area contributed by atoms with Crippen LogP contribution in [0.5, 0.6) is 0 Å². The first-order valence-electron chi connectivity index (χ1n) is 8.19. The lowest BCUT2D eigenvalue weighted by Crippen LogP contribution is -2.07. The van der Waals surface area contributed by atoms with Crippen molar-refractivity contribution in [2.45, 2.75) is 13.5 Å². The number of hydrogen-bond acceptors (Lipinski definition) is 7. The van der Waals surface area contributed by atoms with E-state index in [9.17, 15) is 4.39 Å². The Morgan fingerprint density at radius 2 is 1.78 bits per heavy atom. The molecule has 4 rings (SSSR count). The van der Waals surface area contributed by atoms with E-state index < -0.39 is 0 Å². The van der Waals surface area contributed by atoms with Crippen LogP contribution in [0.2, 0.25) is 0 Å². The fourth-order valence-corrected chi connectivity index (χ4v) is 2.84. The topological polar surface area (TPSA) is 135 Å². The second-order valence-corrected chi connectivity index (χ2v) is 6.21. The van der Waals surface area contributed by atoms with Crippen molar-refractivity contribution in [3.05, 3.63) is 53.5 Å². The van der Waals surface area contributed by atoms with E-state index in [1.165, 1.54) is 6.07 Å². The summed E-state index contributed by atoms with van der Waals surface area (Å²) in [5.74, 6) is 0.0840. The van der Waals surface area contributed by atoms with Crippen molar-refractivity contribution >= 4 is 28.4 Å². The van der Waals surface area contributed by atoms with Crippen molar-refractivity contribution in [3.63, 3.8) is 0 Å². The van der Waals surface area contributed by atoms with Crippen molar-refractivity contribution in [2.24, 2.45) is 0 Å². The summed E-state index contributed by atoms with van der Waals surface area (Å²) in [6.07, 6.45) is 1.72. The van der Waals surface area contributed by atoms with Crippen molar-refractivity contribution in [2.75, 3.05) is 17.2 Å². The number of aryl methyl sites for hydroxylation is 1. The van der Waals surface area contributed by atoms with E-state index in [1.54, 1.807) is 29.1 Å². The highest BCUT2D eigenvalue weighted by Gasteiger charge is 2.19. The lowest BCUT2D eigenvalue weighted by atomic mass is 10.2. The molecule has 0 aliphatic rings. The van der Waals surface area contributed by atoms with Gasteiger partial charge in [-0.15, -0.1) is 0 Å². The molecule has 0 saturated carbocycles. The number of benzene rings is 1. The Kier molecular flexibility index (Phi) is 3.84. The molecule has 1 aromatic carbocycles. The van der Waals surface area contributed by atoms with Crippen LogP contribution in [-0.4, -0.2) is 24.7 Å². The zero-order chi connectivity index (χ0) is 19.1. The Hall–Kier alpha value is -3.75. The first kappa shape index (κ1) is 16.7. The highest BCUT2D eigenvalue weighted by molar-refractivity contribution is 5.90. The largest absolute Gasteiger partial charge is 0.393 e. The van der Waals surface area contributed by atoms with Crippen LogP contribution in [0.1, 0.15) is 11.1 Å². The molecule has 6 N–H and O–H groups in total. The van der Waals surface area contributed by atoms with Crippen LogP contribution >= 0.6 is 0 Å². The molecule has 0 spiro atoms. The maximum absolute atomic E-state index is 14.1. The maximum atomic E-state index is 14.1. The van der Waals surface area contributed by atoms with Gasteiger partial charge >= 0.3 is 0 Å². The normalized spacial score (nSPS) is 11.2. The number of aromatic nitrogens is 5. The van der Waals surface area contributed by atoms with Crippen LogP contribution in [-0.2, 0) is 6.54 Å². The minimum Gasteiger partial charge on any atom is -0.393 e. The van der Waals surface area contributed by atoms with Crippen LogP contribution in [0.25, 0.3) is 22.6 Å². The third-order valence-corrected chi connectivity index (χ3v) is 4.22. The number of nitrogen functional groups attached to an aromatic ring is 3. The molecule has 0 aliphatic carbocycles. The van der Waals surface area contributed by atoms with Gasteiger partial charge in [0.1, 0.15) is 17.2 Å². The molecule has 0 amide bonds. The Bertz CT molecular complexity index is 1140. The molecule has 4 aromatic rings. The van der Waals surface area contributed by atoms with E-state index in [4.69, 9.17) is 17.2 Å². The fraction of sp³-hybridized carbons (Fsp3) is 0.111. The van der Waals surface area contributed by atoms with Gasteiger partial charge in [0.05, 0.1) is 11.9 Å². The van der Waals surface area contributed by atoms with Crippen LogP contribution in [0, 0.1) is 12.7 Å². The predicted octanol–water partition coefficient (Wildman–Crippen LogP) is 2.13. The van der Waals surface area contributed by atoms with Gasteiger partial charge in [-0.25, -0.2) is 24.0 Å². The minimum absolute atomic E-state index is 0.0786. The monoisotopic (exact) mass is 364 g/mol. The molecule has 0 radical (unpaired) electrons. The van der Waals surface area contributed by atoms with Gasteiger partial charge in [-0.2, -0.15) is 5.10 Å². The minimum atomic E-state index is -0.313. The Labute approximate surface area is 153 Å². The zero-order valence-electron chi connectivity index (χ0n) is 14.5. The first-order chi connectivity index (χ1) is 12.9. The van der Waals surface area contributed by atoms with E-state index in [2.05, 4.69) is 20.1 Å². The summed E-state index contributed by atoms with van der Waals surface area (Å²) in [5.41, 5.74) is 20.0. The van der Waals surface area contributed by atoms with Gasteiger partial charge in [0.2, 0.25) is 0 Å². The summed E-state index contributed by atoms with van der Waals surface area (Å²) in [7, 11) is 0. The summed E-state index contributed by atoms with van der Waals surface area (Å²) in [4.78, 5) is 12.9. The van der Waals surface area contributed by atoms with Crippen molar-refractivity contribution < 1.29 is 4.39 Å². The lowest BCUT2D eigenvalue weighted by Gasteiger charge is -2.05. The van der Waals surface area contributed by atoms with Gasteiger partial charge in [0.25, 0.3) is 0 Å². The number of nitrogens with zero attached hydrogens (tertiary/aromatic N) is 5. The summed E-state index contributed by atoms with van der Waals surface area (Å²) in [5, 5.41) is 5.28. The number of nitrogens with two attached hydrogens (primary N) is 3. The molecular formula is C18H17FN8. The molecule has 3 aromatic heterocycles. The molecule has 0 aliphatic heterocycles. The standard InChI is InChI=1S/C18H17FN8/c1-9-6-11-14(17-24-15(21)13(20)16(22)25-17)26-27(18(11)23-7-9)8-10-4-2-3-5-12(10)19/h2-7H,8,20H2,1H3,(H4,21,22,24,25). The first-order valence-corrected chi connectivity index (χ1v) is 8.19. The summed E-state index contributed by atoms with van der Waals surface area (Å²) >= 11 is 0. The Balaban J connectivity index is 1.92. The number of fused-ring (bicyclic) bond motifs is 1. The van der Waals surface area contributed by atoms with Crippen LogP contribution in [0.3, 0.4) is 0 Å². The molecule has 27 heavy (non-hydrogen) atoms. The third kappa shape index (κ3) is 2.88. The maximum Gasteiger partial charge on any atom is 0.184 e. The van der Waals surface area contributed by atoms with Gasteiger partial charge in [0.15, 0.2) is 23.1 Å². The van der Waals surface area contributed by atoms with E-state index in [0.29, 0.717) is 16.9 Å². The lowest BCUT2D eigenvalue weighted by molar-refractivity contribution is 0.589. The SMILES string of the molecule is Cc1cnc2c(c1)c(-c1nc(N)c(N)c(N)n1)nn2Cc1ccccc1F. The Morgan fingerprint density at radius 3 is 2.48 bits per heavy atom. The molecule has 0 atom stereocenters. The third-order valence-electron chi connectivity index (χ3n) is 4.22. The zero-order valence-corrected chi connectivity index (χ0v) is 14.5. The average molecular weight is 364 g/mol. The molecular weight excluding hydrogens is 347 g/mol. The van der Waals surface area contributed by atoms with E-state index in [1.807, 2.05) is 13.0 Å². The molecule has 0 fully saturated rings. The fourth-order valence-electron chi connectivity index (χ4n) is 2.84. The smallest absolute Gasteiger partial charge is 0.184 e. The second kappa shape index (κ2) is 6.20. The van der Waals surface area contributed by atoms with Gasteiger partial charge in [0, 0.05) is 11.8 Å². The van der Waals surface area contributed by atoms with E-state index in [-0.39, 0.29) is 35.5 Å². The molecule has 3 heterocycles. The molecule has 0 unspecified atom stereocenters. The molecule has 0 bridgehead atoms. The number of pyridine rings is 1. The van der Waals surface area contributed by atoms with Crippen molar-refractivity contribution in [1.82, 2.24) is 24.7 Å². The number of anilines is 3. The molecule has 136 valence electrons. The van der Waals surface area contributed by atoms with Crippen LogP contribution < -0.4 is 17.2 Å². The highest BCUT2D eigenvalue weighted by atomic mass is 19.1. The number of rotatable bonds is 3. The molecule has 0 saturated heterocycles. The Morgan fingerprint density at radius 1 is 1.07 bits per heavy atom. The van der Waals surface area contributed by atoms with Crippen LogP contribution in [0.15, 0.2) is 36.5 Å². The summed E-state index contributed by atoms with van der Waals surface area (Å²) in [6, 6.07) is 8.43. The van der Waals surface area contributed by atoms with E-state index >= 15 is 0 Å².